The van der Waals surface area contributed by atoms with E-state index in [9.17, 15) is 4.79 Å². The van der Waals surface area contributed by atoms with Gasteiger partial charge in [0, 0.05) is 23.8 Å². The number of benzene rings is 2. The van der Waals surface area contributed by atoms with Crippen LogP contribution in [0.4, 0.5) is 10.5 Å². The minimum Gasteiger partial charge on any atom is -0.494 e. The van der Waals surface area contributed by atoms with Crippen LogP contribution in [0.5, 0.6) is 5.75 Å². The van der Waals surface area contributed by atoms with Gasteiger partial charge in [0.15, 0.2) is 0 Å². The summed E-state index contributed by atoms with van der Waals surface area (Å²) in [5.74, 6) is 0.782. The van der Waals surface area contributed by atoms with Crippen LogP contribution >= 0.6 is 0 Å². The standard InChI is InChI=1S/C20H22N4O2/c1-3-26-19-10-6-17(7-11-19)23-20(25)22-15(2)16-4-8-18(9-5-16)24-13-12-21-14-24/h4-15H,3H2,1-2H3,(H2,22,23,25). The van der Waals surface area contributed by atoms with E-state index in [1.54, 1.807) is 12.5 Å². The maximum Gasteiger partial charge on any atom is 0.319 e. The van der Waals surface area contributed by atoms with Gasteiger partial charge in [-0.1, -0.05) is 12.1 Å². The lowest BCUT2D eigenvalue weighted by molar-refractivity contribution is 0.249. The van der Waals surface area contributed by atoms with E-state index in [1.807, 2.05) is 73.1 Å². The Morgan fingerprint density at radius 1 is 1.15 bits per heavy atom. The van der Waals surface area contributed by atoms with Crippen molar-refractivity contribution in [1.82, 2.24) is 14.9 Å². The molecule has 0 spiro atoms. The largest absolute Gasteiger partial charge is 0.494 e. The number of urea groups is 1. The number of anilines is 1. The van der Waals surface area contributed by atoms with E-state index in [0.717, 1.165) is 17.0 Å². The quantitative estimate of drug-likeness (QED) is 0.701. The Balaban J connectivity index is 1.56. The lowest BCUT2D eigenvalue weighted by Crippen LogP contribution is -2.31. The molecule has 1 heterocycles. The van der Waals surface area contributed by atoms with Crippen molar-refractivity contribution < 1.29 is 9.53 Å². The number of imidazole rings is 1. The first-order chi connectivity index (χ1) is 12.7. The molecule has 134 valence electrons. The smallest absolute Gasteiger partial charge is 0.319 e. The number of carbonyl (C=O) groups excluding carboxylic acids is 1. The van der Waals surface area contributed by atoms with Gasteiger partial charge in [-0.05, 0) is 55.8 Å². The summed E-state index contributed by atoms with van der Waals surface area (Å²) < 4.78 is 7.32. The van der Waals surface area contributed by atoms with Crippen molar-refractivity contribution in [2.45, 2.75) is 19.9 Å². The molecular weight excluding hydrogens is 328 g/mol. The molecule has 0 bridgehead atoms. The molecule has 0 radical (unpaired) electrons. The van der Waals surface area contributed by atoms with E-state index in [0.29, 0.717) is 12.3 Å². The molecule has 0 aliphatic rings. The summed E-state index contributed by atoms with van der Waals surface area (Å²) in [6.45, 7) is 4.50. The van der Waals surface area contributed by atoms with E-state index >= 15 is 0 Å². The van der Waals surface area contributed by atoms with Gasteiger partial charge >= 0.3 is 6.03 Å². The molecule has 0 aliphatic carbocycles. The third-order valence-corrected chi connectivity index (χ3v) is 3.97. The zero-order chi connectivity index (χ0) is 18.4. The van der Waals surface area contributed by atoms with Crippen molar-refractivity contribution in [3.63, 3.8) is 0 Å². The molecule has 26 heavy (non-hydrogen) atoms. The van der Waals surface area contributed by atoms with Crippen LogP contribution in [0.3, 0.4) is 0 Å². The first-order valence-corrected chi connectivity index (χ1v) is 8.54. The van der Waals surface area contributed by atoms with Crippen molar-refractivity contribution >= 4 is 11.7 Å². The molecule has 6 heteroatoms. The number of rotatable bonds is 6. The fourth-order valence-electron chi connectivity index (χ4n) is 2.60. The summed E-state index contributed by atoms with van der Waals surface area (Å²) in [7, 11) is 0. The molecule has 2 aromatic carbocycles. The number of carbonyl (C=O) groups is 1. The lowest BCUT2D eigenvalue weighted by atomic mass is 10.1. The molecule has 1 atom stereocenters. The molecule has 1 unspecified atom stereocenters. The normalized spacial score (nSPS) is 11.6. The van der Waals surface area contributed by atoms with Crippen LogP contribution in [0.25, 0.3) is 5.69 Å². The van der Waals surface area contributed by atoms with Gasteiger partial charge in [-0.25, -0.2) is 9.78 Å². The average Bonchev–Trinajstić information content (AvgIpc) is 3.18. The number of nitrogens with one attached hydrogen (secondary N) is 2. The van der Waals surface area contributed by atoms with Crippen molar-refractivity contribution in [3.05, 3.63) is 72.8 Å². The minimum atomic E-state index is -0.250. The van der Waals surface area contributed by atoms with E-state index in [4.69, 9.17) is 4.74 Å². The van der Waals surface area contributed by atoms with E-state index in [-0.39, 0.29) is 12.1 Å². The fourth-order valence-corrected chi connectivity index (χ4v) is 2.60. The van der Waals surface area contributed by atoms with Gasteiger partial charge in [-0.15, -0.1) is 0 Å². The average molecular weight is 350 g/mol. The van der Waals surface area contributed by atoms with Crippen LogP contribution in [-0.4, -0.2) is 22.2 Å². The first kappa shape index (κ1) is 17.5. The molecule has 0 saturated heterocycles. The molecule has 0 fully saturated rings. The minimum absolute atomic E-state index is 0.116. The summed E-state index contributed by atoms with van der Waals surface area (Å²) in [6, 6.07) is 14.9. The highest BCUT2D eigenvalue weighted by atomic mass is 16.5. The third kappa shape index (κ3) is 4.42. The van der Waals surface area contributed by atoms with Crippen LogP contribution in [0, 0.1) is 0 Å². The van der Waals surface area contributed by atoms with E-state index in [2.05, 4.69) is 15.6 Å². The molecular formula is C20H22N4O2. The van der Waals surface area contributed by atoms with Crippen molar-refractivity contribution in [3.8, 4) is 11.4 Å². The predicted molar refractivity (Wildman–Crippen MR) is 102 cm³/mol. The highest BCUT2D eigenvalue weighted by Gasteiger charge is 2.10. The monoisotopic (exact) mass is 350 g/mol. The molecule has 2 N–H and O–H groups in total. The summed E-state index contributed by atoms with van der Waals surface area (Å²) in [4.78, 5) is 16.2. The Morgan fingerprint density at radius 2 is 1.88 bits per heavy atom. The summed E-state index contributed by atoms with van der Waals surface area (Å²) in [5, 5.41) is 5.77. The van der Waals surface area contributed by atoms with Crippen LogP contribution in [0.15, 0.2) is 67.3 Å². The lowest BCUT2D eigenvalue weighted by Gasteiger charge is -2.16. The second kappa shape index (κ2) is 8.20. The molecule has 2 amide bonds. The van der Waals surface area contributed by atoms with Crippen LogP contribution < -0.4 is 15.4 Å². The molecule has 0 aliphatic heterocycles. The summed E-state index contributed by atoms with van der Waals surface area (Å²) in [6.07, 6.45) is 5.38. The van der Waals surface area contributed by atoms with E-state index in [1.165, 1.54) is 0 Å². The Kier molecular flexibility index (Phi) is 5.53. The SMILES string of the molecule is CCOc1ccc(NC(=O)NC(C)c2ccc(-n3ccnc3)cc2)cc1. The third-order valence-electron chi connectivity index (χ3n) is 3.97. The first-order valence-electron chi connectivity index (χ1n) is 8.54. The summed E-state index contributed by atoms with van der Waals surface area (Å²) >= 11 is 0. The number of ether oxygens (including phenoxy) is 1. The van der Waals surface area contributed by atoms with E-state index < -0.39 is 0 Å². The van der Waals surface area contributed by atoms with Crippen LogP contribution in [0.2, 0.25) is 0 Å². The van der Waals surface area contributed by atoms with Gasteiger partial charge in [0.1, 0.15) is 5.75 Å². The topological polar surface area (TPSA) is 68.2 Å². The maximum absolute atomic E-state index is 12.2. The van der Waals surface area contributed by atoms with Gasteiger partial charge in [0.25, 0.3) is 0 Å². The summed E-state index contributed by atoms with van der Waals surface area (Å²) in [5.41, 5.74) is 2.77. The maximum atomic E-state index is 12.2. The molecule has 3 rings (SSSR count). The second-order valence-electron chi connectivity index (χ2n) is 5.84. The predicted octanol–water partition coefficient (Wildman–Crippen LogP) is 4.15. The molecule has 3 aromatic rings. The van der Waals surface area contributed by atoms with Crippen LogP contribution in [-0.2, 0) is 0 Å². The molecule has 1 aromatic heterocycles. The fraction of sp³-hybridized carbons (Fsp3) is 0.200. The Morgan fingerprint density at radius 3 is 2.50 bits per heavy atom. The number of hydrogen-bond donors (Lipinski definition) is 2. The number of amides is 2. The van der Waals surface area contributed by atoms with Gasteiger partial charge in [-0.3, -0.25) is 0 Å². The van der Waals surface area contributed by atoms with Gasteiger partial charge in [0.2, 0.25) is 0 Å². The number of nitrogens with zero attached hydrogens (tertiary/aromatic N) is 2. The number of aromatic nitrogens is 2. The Labute approximate surface area is 152 Å². The zero-order valence-corrected chi connectivity index (χ0v) is 14.8. The Hall–Kier alpha value is -3.28. The van der Waals surface area contributed by atoms with Gasteiger partial charge in [0.05, 0.1) is 19.0 Å². The van der Waals surface area contributed by atoms with Crippen molar-refractivity contribution in [2.24, 2.45) is 0 Å². The zero-order valence-electron chi connectivity index (χ0n) is 14.8. The molecule has 0 saturated carbocycles. The highest BCUT2D eigenvalue weighted by molar-refractivity contribution is 5.89. The van der Waals surface area contributed by atoms with Crippen molar-refractivity contribution in [2.75, 3.05) is 11.9 Å². The van der Waals surface area contributed by atoms with Crippen molar-refractivity contribution in [1.29, 1.82) is 0 Å². The van der Waals surface area contributed by atoms with Gasteiger partial charge in [-0.2, -0.15) is 0 Å². The second-order valence-corrected chi connectivity index (χ2v) is 5.84. The van der Waals surface area contributed by atoms with Crippen LogP contribution in [0.1, 0.15) is 25.5 Å². The molecule has 6 nitrogen and oxygen atoms in total. The number of hydrogen-bond acceptors (Lipinski definition) is 3. The highest BCUT2D eigenvalue weighted by Crippen LogP contribution is 2.17. The Bertz CT molecular complexity index is 827. The van der Waals surface area contributed by atoms with Gasteiger partial charge < -0.3 is 19.9 Å².